The fraction of sp³-hybridized carbons (Fsp3) is 0.458. The van der Waals surface area contributed by atoms with Gasteiger partial charge < -0.3 is 10.5 Å². The average Bonchev–Trinajstić information content (AvgIpc) is 2.75. The molecule has 2 N–H and O–H groups in total. The summed E-state index contributed by atoms with van der Waals surface area (Å²) in [6, 6.07) is 13.3. The van der Waals surface area contributed by atoms with E-state index in [9.17, 15) is 4.79 Å². The molecule has 6 heteroatoms. The predicted molar refractivity (Wildman–Crippen MR) is 124 cm³/mol. The Kier molecular flexibility index (Phi) is 8.58. The third-order valence-corrected chi connectivity index (χ3v) is 6.53. The van der Waals surface area contributed by atoms with Crippen LogP contribution in [0.4, 0.5) is 0 Å². The smallest absolute Gasteiger partial charge is 0.159 e. The van der Waals surface area contributed by atoms with Crippen molar-refractivity contribution in [3.8, 4) is 5.75 Å². The summed E-state index contributed by atoms with van der Waals surface area (Å²) in [5.41, 5.74) is 7.65. The molecule has 0 spiro atoms. The Labute approximate surface area is 189 Å². The normalized spacial score (nSPS) is 16.4. The van der Waals surface area contributed by atoms with Crippen molar-refractivity contribution in [1.29, 1.82) is 0 Å². The van der Waals surface area contributed by atoms with Crippen molar-refractivity contribution < 1.29 is 9.53 Å². The monoisotopic (exact) mass is 448 g/mol. The van der Waals surface area contributed by atoms with Crippen LogP contribution in [0, 0.1) is 5.92 Å². The van der Waals surface area contributed by atoms with Gasteiger partial charge in [0.15, 0.2) is 5.78 Å². The number of ether oxygens (including phenoxy) is 1. The molecule has 1 heterocycles. The van der Waals surface area contributed by atoms with Gasteiger partial charge in [-0.05, 0) is 100 Å². The number of nitrogens with two attached hydrogens (primary N) is 1. The van der Waals surface area contributed by atoms with Crippen LogP contribution < -0.4 is 10.5 Å². The summed E-state index contributed by atoms with van der Waals surface area (Å²) in [4.78, 5) is 13.9. The van der Waals surface area contributed by atoms with Crippen LogP contribution in [-0.2, 0) is 6.54 Å². The fourth-order valence-electron chi connectivity index (χ4n) is 4.03. The molecule has 0 aromatic heterocycles. The fourth-order valence-corrected chi connectivity index (χ4v) is 4.35. The number of benzene rings is 2. The van der Waals surface area contributed by atoms with Gasteiger partial charge >= 0.3 is 0 Å². The van der Waals surface area contributed by atoms with E-state index in [1.807, 2.05) is 42.5 Å². The second kappa shape index (κ2) is 11.1. The van der Waals surface area contributed by atoms with E-state index in [1.54, 1.807) is 6.92 Å². The zero-order chi connectivity index (χ0) is 21.5. The van der Waals surface area contributed by atoms with E-state index in [0.717, 1.165) is 51.1 Å². The molecule has 2 aromatic carbocycles. The van der Waals surface area contributed by atoms with E-state index in [4.69, 9.17) is 33.7 Å². The summed E-state index contributed by atoms with van der Waals surface area (Å²) < 4.78 is 6.36. The van der Waals surface area contributed by atoms with Gasteiger partial charge in [0.25, 0.3) is 0 Å². The maximum Gasteiger partial charge on any atom is 0.159 e. The maximum atomic E-state index is 11.5. The lowest BCUT2D eigenvalue weighted by molar-refractivity contribution is 0.0678. The first-order chi connectivity index (χ1) is 14.5. The van der Waals surface area contributed by atoms with Crippen LogP contribution in [0.3, 0.4) is 0 Å². The molecule has 1 saturated heterocycles. The highest BCUT2D eigenvalue weighted by molar-refractivity contribution is 6.42. The zero-order valence-corrected chi connectivity index (χ0v) is 19.0. The third-order valence-electron chi connectivity index (χ3n) is 5.79. The van der Waals surface area contributed by atoms with Crippen molar-refractivity contribution >= 4 is 29.0 Å². The summed E-state index contributed by atoms with van der Waals surface area (Å²) in [6.45, 7) is 5.17. The molecule has 1 atom stereocenters. The number of Topliss-reactive ketones (excluding diaryl/α,β-unsaturated/α-hetero) is 1. The SMILES string of the molecule is CC(=O)c1ccc(OC(CCCN)C2CCN(Cc3ccc(Cl)c(Cl)c3)CC2)cc1. The molecule has 0 bridgehead atoms. The highest BCUT2D eigenvalue weighted by atomic mass is 35.5. The van der Waals surface area contributed by atoms with Crippen LogP contribution in [0.1, 0.15) is 48.5 Å². The molecule has 2 aromatic rings. The van der Waals surface area contributed by atoms with E-state index in [-0.39, 0.29) is 11.9 Å². The minimum absolute atomic E-state index is 0.0654. The molecule has 1 aliphatic heterocycles. The number of rotatable bonds is 9. The van der Waals surface area contributed by atoms with Crippen LogP contribution in [0.15, 0.2) is 42.5 Å². The molecule has 1 unspecified atom stereocenters. The van der Waals surface area contributed by atoms with E-state index < -0.39 is 0 Å². The predicted octanol–water partition coefficient (Wildman–Crippen LogP) is 5.59. The highest BCUT2D eigenvalue weighted by Crippen LogP contribution is 2.29. The number of hydrogen-bond donors (Lipinski definition) is 1. The second-order valence-corrected chi connectivity index (χ2v) is 8.84. The van der Waals surface area contributed by atoms with E-state index in [2.05, 4.69) is 4.90 Å². The highest BCUT2D eigenvalue weighted by Gasteiger charge is 2.28. The first kappa shape index (κ1) is 23.1. The summed E-state index contributed by atoms with van der Waals surface area (Å²) >= 11 is 12.2. The first-order valence-corrected chi connectivity index (χ1v) is 11.4. The average molecular weight is 449 g/mol. The van der Waals surface area contributed by atoms with Crippen LogP contribution in [0.2, 0.25) is 10.0 Å². The molecule has 0 saturated carbocycles. The molecular weight excluding hydrogens is 419 g/mol. The lowest BCUT2D eigenvalue weighted by atomic mass is 9.88. The van der Waals surface area contributed by atoms with Crippen molar-refractivity contribution in [3.63, 3.8) is 0 Å². The Morgan fingerprint density at radius 1 is 1.13 bits per heavy atom. The van der Waals surface area contributed by atoms with Crippen LogP contribution in [-0.4, -0.2) is 36.4 Å². The number of carbonyl (C=O) groups excluding carboxylic acids is 1. The summed E-state index contributed by atoms with van der Waals surface area (Å²) in [7, 11) is 0. The standard InChI is InChI=1S/C24H30Cl2N2O2/c1-17(29)19-5-7-21(8-6-19)30-24(3-2-12-27)20-10-13-28(14-11-20)16-18-4-9-22(25)23(26)15-18/h4-9,15,20,24H,2-3,10-14,16,27H2,1H3. The van der Waals surface area contributed by atoms with E-state index in [0.29, 0.717) is 28.1 Å². The minimum atomic E-state index is 0.0654. The minimum Gasteiger partial charge on any atom is -0.490 e. The van der Waals surface area contributed by atoms with E-state index >= 15 is 0 Å². The molecule has 1 fully saturated rings. The van der Waals surface area contributed by atoms with Gasteiger partial charge in [-0.3, -0.25) is 9.69 Å². The summed E-state index contributed by atoms with van der Waals surface area (Å²) in [5, 5.41) is 1.20. The Morgan fingerprint density at radius 3 is 2.43 bits per heavy atom. The van der Waals surface area contributed by atoms with Gasteiger partial charge in [-0.25, -0.2) is 0 Å². The molecule has 30 heavy (non-hydrogen) atoms. The van der Waals surface area contributed by atoms with Crippen LogP contribution in [0.5, 0.6) is 5.75 Å². The zero-order valence-electron chi connectivity index (χ0n) is 17.4. The number of piperidine rings is 1. The van der Waals surface area contributed by atoms with Crippen molar-refractivity contribution in [2.75, 3.05) is 19.6 Å². The molecule has 0 radical (unpaired) electrons. The van der Waals surface area contributed by atoms with Crippen LogP contribution in [0.25, 0.3) is 0 Å². The molecule has 162 valence electrons. The Morgan fingerprint density at radius 2 is 1.83 bits per heavy atom. The number of likely N-dealkylation sites (tertiary alicyclic amines) is 1. The van der Waals surface area contributed by atoms with E-state index in [1.165, 1.54) is 5.56 Å². The number of hydrogen-bond acceptors (Lipinski definition) is 4. The third kappa shape index (κ3) is 6.45. The molecule has 0 amide bonds. The number of ketones is 1. The number of carbonyl (C=O) groups is 1. The number of halogens is 2. The first-order valence-electron chi connectivity index (χ1n) is 10.6. The maximum absolute atomic E-state index is 11.5. The second-order valence-electron chi connectivity index (χ2n) is 8.03. The largest absolute Gasteiger partial charge is 0.490 e. The lowest BCUT2D eigenvalue weighted by Crippen LogP contribution is -2.39. The van der Waals surface area contributed by atoms with Gasteiger partial charge in [0.1, 0.15) is 11.9 Å². The molecule has 3 rings (SSSR count). The van der Waals surface area contributed by atoms with Gasteiger partial charge in [0.05, 0.1) is 10.0 Å². The molecule has 4 nitrogen and oxygen atoms in total. The molecular formula is C24H30Cl2N2O2. The van der Waals surface area contributed by atoms with Gasteiger partial charge in [-0.15, -0.1) is 0 Å². The quantitative estimate of drug-likeness (QED) is 0.507. The topological polar surface area (TPSA) is 55.6 Å². The van der Waals surface area contributed by atoms with Crippen molar-refractivity contribution in [2.45, 2.75) is 45.3 Å². The Balaban J connectivity index is 1.57. The van der Waals surface area contributed by atoms with Crippen LogP contribution >= 0.6 is 23.2 Å². The van der Waals surface area contributed by atoms with Gasteiger partial charge in [-0.1, -0.05) is 29.3 Å². The van der Waals surface area contributed by atoms with Crippen molar-refractivity contribution in [2.24, 2.45) is 11.7 Å². The Hall–Kier alpha value is -1.59. The van der Waals surface area contributed by atoms with Gasteiger partial charge in [0, 0.05) is 12.1 Å². The lowest BCUT2D eigenvalue weighted by Gasteiger charge is -2.36. The molecule has 0 aliphatic carbocycles. The van der Waals surface area contributed by atoms with Crippen molar-refractivity contribution in [1.82, 2.24) is 4.90 Å². The summed E-state index contributed by atoms with van der Waals surface area (Å²) in [6.07, 6.45) is 4.20. The van der Waals surface area contributed by atoms with Gasteiger partial charge in [0.2, 0.25) is 0 Å². The van der Waals surface area contributed by atoms with Gasteiger partial charge in [-0.2, -0.15) is 0 Å². The summed E-state index contributed by atoms with van der Waals surface area (Å²) in [5.74, 6) is 1.38. The van der Waals surface area contributed by atoms with Crippen molar-refractivity contribution in [3.05, 3.63) is 63.6 Å². The number of nitrogens with zero attached hydrogens (tertiary/aromatic N) is 1. The Bertz CT molecular complexity index is 834. The molecule has 1 aliphatic rings.